The molecule has 0 saturated carbocycles. The largest absolute Gasteiger partial charge is 0.440 e. The fourth-order valence-corrected chi connectivity index (χ4v) is 1.93. The number of rotatable bonds is 3. The minimum absolute atomic E-state index is 0.184. The topological polar surface area (TPSA) is 46.3 Å². The molecular weight excluding hydrogens is 217 g/mol. The lowest BCUT2D eigenvalue weighted by atomic mass is 10.2. The zero-order valence-corrected chi connectivity index (χ0v) is 8.50. The molecule has 0 unspecified atom stereocenters. The predicted molar refractivity (Wildman–Crippen MR) is 52.9 cm³/mol. The SMILES string of the molecule is OCc1cc(F)cc(Sc2ncco2)c1. The second-order valence-corrected chi connectivity index (χ2v) is 3.88. The van der Waals surface area contributed by atoms with Gasteiger partial charge in [-0.1, -0.05) is 0 Å². The van der Waals surface area contributed by atoms with E-state index in [0.29, 0.717) is 15.7 Å². The average Bonchev–Trinajstić information content (AvgIpc) is 2.69. The van der Waals surface area contributed by atoms with Gasteiger partial charge in [-0.05, 0) is 35.5 Å². The van der Waals surface area contributed by atoms with Crippen LogP contribution in [0.5, 0.6) is 0 Å². The van der Waals surface area contributed by atoms with Crippen LogP contribution in [-0.2, 0) is 6.61 Å². The van der Waals surface area contributed by atoms with Gasteiger partial charge in [-0.3, -0.25) is 0 Å². The summed E-state index contributed by atoms with van der Waals surface area (Å²) in [6.07, 6.45) is 2.98. The highest BCUT2D eigenvalue weighted by Crippen LogP contribution is 2.27. The lowest BCUT2D eigenvalue weighted by molar-refractivity contribution is 0.281. The highest BCUT2D eigenvalue weighted by Gasteiger charge is 2.04. The molecule has 0 fully saturated rings. The van der Waals surface area contributed by atoms with Gasteiger partial charge in [0.05, 0.1) is 12.8 Å². The summed E-state index contributed by atoms with van der Waals surface area (Å²) in [5.74, 6) is -0.379. The van der Waals surface area contributed by atoms with Gasteiger partial charge < -0.3 is 9.52 Å². The zero-order valence-electron chi connectivity index (χ0n) is 7.68. The van der Waals surface area contributed by atoms with Crippen LogP contribution in [-0.4, -0.2) is 10.1 Å². The number of aliphatic hydroxyl groups excluding tert-OH is 1. The van der Waals surface area contributed by atoms with Crippen molar-refractivity contribution in [2.75, 3.05) is 0 Å². The molecule has 3 nitrogen and oxygen atoms in total. The van der Waals surface area contributed by atoms with Crippen molar-refractivity contribution >= 4 is 11.8 Å². The van der Waals surface area contributed by atoms with Crippen LogP contribution in [0.2, 0.25) is 0 Å². The van der Waals surface area contributed by atoms with Crippen molar-refractivity contribution in [2.45, 2.75) is 16.7 Å². The summed E-state index contributed by atoms with van der Waals surface area (Å²) in [6, 6.07) is 4.35. The van der Waals surface area contributed by atoms with Crippen LogP contribution < -0.4 is 0 Å². The Balaban J connectivity index is 2.24. The normalized spacial score (nSPS) is 10.5. The van der Waals surface area contributed by atoms with E-state index in [-0.39, 0.29) is 12.4 Å². The monoisotopic (exact) mass is 225 g/mol. The lowest BCUT2D eigenvalue weighted by Crippen LogP contribution is -1.86. The highest BCUT2D eigenvalue weighted by molar-refractivity contribution is 7.99. The summed E-state index contributed by atoms with van der Waals surface area (Å²) < 4.78 is 18.1. The Bertz CT molecular complexity index is 445. The van der Waals surface area contributed by atoms with E-state index in [1.165, 1.54) is 36.4 Å². The van der Waals surface area contributed by atoms with E-state index in [0.717, 1.165) is 0 Å². The first kappa shape index (κ1) is 10.2. The van der Waals surface area contributed by atoms with Crippen LogP contribution in [0.3, 0.4) is 0 Å². The van der Waals surface area contributed by atoms with E-state index in [9.17, 15) is 4.39 Å². The van der Waals surface area contributed by atoms with Crippen LogP contribution in [0.15, 0.2) is 45.2 Å². The molecule has 1 N–H and O–H groups in total. The second kappa shape index (κ2) is 4.46. The van der Waals surface area contributed by atoms with E-state index in [2.05, 4.69) is 4.98 Å². The van der Waals surface area contributed by atoms with Crippen molar-refractivity contribution in [1.82, 2.24) is 4.98 Å². The molecule has 78 valence electrons. The van der Waals surface area contributed by atoms with Crippen LogP contribution in [0.25, 0.3) is 0 Å². The van der Waals surface area contributed by atoms with Gasteiger partial charge >= 0.3 is 0 Å². The molecule has 1 aromatic carbocycles. The van der Waals surface area contributed by atoms with Gasteiger partial charge in [-0.2, -0.15) is 0 Å². The Kier molecular flexibility index (Phi) is 3.03. The second-order valence-electron chi connectivity index (χ2n) is 2.85. The fraction of sp³-hybridized carbons (Fsp3) is 0.100. The number of aromatic nitrogens is 1. The first-order valence-corrected chi connectivity index (χ1v) is 5.07. The van der Waals surface area contributed by atoms with Gasteiger partial charge in [0.15, 0.2) is 0 Å². The van der Waals surface area contributed by atoms with Gasteiger partial charge in [0.25, 0.3) is 5.22 Å². The van der Waals surface area contributed by atoms with Crippen LogP contribution in [0.4, 0.5) is 4.39 Å². The van der Waals surface area contributed by atoms with Crippen LogP contribution >= 0.6 is 11.8 Å². The number of hydrogen-bond donors (Lipinski definition) is 1. The Labute approximate surface area is 90.0 Å². The third kappa shape index (κ3) is 2.57. The third-order valence-electron chi connectivity index (χ3n) is 1.73. The molecule has 0 saturated heterocycles. The summed E-state index contributed by atoms with van der Waals surface area (Å²) in [6.45, 7) is -0.184. The van der Waals surface area contributed by atoms with Crippen LogP contribution in [0, 0.1) is 5.82 Å². The molecule has 0 radical (unpaired) electrons. The van der Waals surface area contributed by atoms with E-state index >= 15 is 0 Å². The van der Waals surface area contributed by atoms with Crippen LogP contribution in [0.1, 0.15) is 5.56 Å². The molecule has 0 spiro atoms. The summed E-state index contributed by atoms with van der Waals surface area (Å²) in [5, 5.41) is 9.35. The molecule has 2 aromatic rings. The van der Waals surface area contributed by atoms with E-state index in [1.807, 2.05) is 0 Å². The summed E-state index contributed by atoms with van der Waals surface area (Å²) in [5.41, 5.74) is 0.532. The first-order valence-electron chi connectivity index (χ1n) is 4.25. The van der Waals surface area contributed by atoms with E-state index in [1.54, 1.807) is 6.07 Å². The number of nitrogens with zero attached hydrogens (tertiary/aromatic N) is 1. The number of oxazole rings is 1. The molecule has 2 rings (SSSR count). The van der Waals surface area contributed by atoms with E-state index < -0.39 is 0 Å². The standard InChI is InChI=1S/C10H8FNO2S/c11-8-3-7(6-13)4-9(5-8)15-10-12-1-2-14-10/h1-5,13H,6H2. The zero-order chi connectivity index (χ0) is 10.7. The predicted octanol–water partition coefficient (Wildman–Crippen LogP) is 2.46. The molecule has 0 aliphatic carbocycles. The minimum atomic E-state index is -0.379. The Hall–Kier alpha value is -1.33. The van der Waals surface area contributed by atoms with Crippen molar-refractivity contribution in [1.29, 1.82) is 0 Å². The molecule has 0 amide bonds. The molecule has 0 aliphatic heterocycles. The van der Waals surface area contributed by atoms with Gasteiger partial charge in [0.1, 0.15) is 12.1 Å². The number of benzene rings is 1. The molecule has 0 bridgehead atoms. The molecular formula is C10H8FNO2S. The summed E-state index contributed by atoms with van der Waals surface area (Å²) in [7, 11) is 0. The van der Waals surface area contributed by atoms with Crippen molar-refractivity contribution in [2.24, 2.45) is 0 Å². The molecule has 0 aliphatic rings. The Morgan fingerprint density at radius 2 is 2.27 bits per heavy atom. The average molecular weight is 225 g/mol. The highest BCUT2D eigenvalue weighted by atomic mass is 32.2. The Morgan fingerprint density at radius 3 is 2.93 bits per heavy atom. The molecule has 0 atom stereocenters. The number of hydrogen-bond acceptors (Lipinski definition) is 4. The van der Waals surface area contributed by atoms with Gasteiger partial charge in [0, 0.05) is 4.90 Å². The summed E-state index contributed by atoms with van der Waals surface area (Å²) in [4.78, 5) is 4.56. The maximum absolute atomic E-state index is 13.1. The first-order chi connectivity index (χ1) is 7.28. The molecule has 1 heterocycles. The van der Waals surface area contributed by atoms with Crippen molar-refractivity contribution in [3.05, 3.63) is 42.0 Å². The molecule has 5 heteroatoms. The van der Waals surface area contributed by atoms with Gasteiger partial charge in [0.2, 0.25) is 0 Å². The maximum Gasteiger partial charge on any atom is 0.260 e. The quantitative estimate of drug-likeness (QED) is 0.871. The van der Waals surface area contributed by atoms with Gasteiger partial charge in [-0.15, -0.1) is 0 Å². The number of aliphatic hydroxyl groups is 1. The smallest absolute Gasteiger partial charge is 0.260 e. The van der Waals surface area contributed by atoms with Crippen molar-refractivity contribution < 1.29 is 13.9 Å². The maximum atomic E-state index is 13.1. The third-order valence-corrected chi connectivity index (χ3v) is 2.58. The van der Waals surface area contributed by atoms with E-state index in [4.69, 9.17) is 9.52 Å². The fourth-order valence-electron chi connectivity index (χ4n) is 1.13. The summed E-state index contributed by atoms with van der Waals surface area (Å²) >= 11 is 1.21. The van der Waals surface area contributed by atoms with Gasteiger partial charge in [-0.25, -0.2) is 9.37 Å². The molecule has 15 heavy (non-hydrogen) atoms. The number of halogens is 1. The molecule has 1 aromatic heterocycles. The lowest BCUT2D eigenvalue weighted by Gasteiger charge is -2.01. The van der Waals surface area contributed by atoms with Crippen molar-refractivity contribution in [3.8, 4) is 0 Å². The minimum Gasteiger partial charge on any atom is -0.440 e. The Morgan fingerprint density at radius 1 is 1.40 bits per heavy atom. The van der Waals surface area contributed by atoms with Crippen molar-refractivity contribution in [3.63, 3.8) is 0 Å².